The molecule has 0 aliphatic heterocycles. The number of aliphatic carboxylic acids is 2. The molecule has 0 bridgehead atoms. The van der Waals surface area contributed by atoms with E-state index in [0.717, 1.165) is 12.8 Å². The van der Waals surface area contributed by atoms with Crippen molar-refractivity contribution in [1.29, 1.82) is 0 Å². The zero-order chi connectivity index (χ0) is 23.3. The van der Waals surface area contributed by atoms with Crippen LogP contribution in [0.1, 0.15) is 90.4 Å². The molecule has 0 saturated carbocycles. The summed E-state index contributed by atoms with van der Waals surface area (Å²) in [7, 11) is 0. The Morgan fingerprint density at radius 1 is 0.935 bits per heavy atom. The summed E-state index contributed by atoms with van der Waals surface area (Å²) in [5.41, 5.74) is 5.81. The summed E-state index contributed by atoms with van der Waals surface area (Å²) in [4.78, 5) is 33.2. The predicted octanol–water partition coefficient (Wildman–Crippen LogP) is 4.35. The minimum atomic E-state index is -1.12. The highest BCUT2D eigenvalue weighted by Gasteiger charge is 2.17. The van der Waals surface area contributed by atoms with Gasteiger partial charge >= 0.3 is 11.9 Å². The van der Waals surface area contributed by atoms with E-state index in [1.54, 1.807) is 0 Å². The van der Waals surface area contributed by atoms with Gasteiger partial charge in [-0.05, 0) is 19.3 Å². The van der Waals surface area contributed by atoms with Crippen molar-refractivity contribution in [3.63, 3.8) is 0 Å². The molecule has 1 amide bonds. The average molecular weight is 459 g/mol. The number of allylic oxidation sites excluding steroid dienone is 1. The molecule has 0 aromatic rings. The number of nitrogens with two attached hydrogens (primary N) is 1. The van der Waals surface area contributed by atoms with Crippen molar-refractivity contribution in [1.82, 2.24) is 5.32 Å². The van der Waals surface area contributed by atoms with Crippen molar-refractivity contribution in [3.8, 4) is 0 Å². The molecule has 0 aromatic carbocycles. The van der Waals surface area contributed by atoms with Gasteiger partial charge in [0.2, 0.25) is 5.91 Å². The SMILES string of the molecule is CCCCCCCCCCCCC=CC(CCC(=O)O)SCC(N)C(=O)NCC(=O)O. The van der Waals surface area contributed by atoms with E-state index in [4.69, 9.17) is 15.9 Å². The van der Waals surface area contributed by atoms with Crippen LogP contribution in [0.4, 0.5) is 0 Å². The van der Waals surface area contributed by atoms with Crippen molar-refractivity contribution in [2.45, 2.75) is 102 Å². The average Bonchev–Trinajstić information content (AvgIpc) is 2.73. The fourth-order valence-electron chi connectivity index (χ4n) is 3.10. The second-order valence-electron chi connectivity index (χ2n) is 7.92. The molecular formula is C23H42N2O5S. The first-order valence-electron chi connectivity index (χ1n) is 11.6. The van der Waals surface area contributed by atoms with E-state index in [1.807, 2.05) is 6.08 Å². The van der Waals surface area contributed by atoms with Gasteiger partial charge < -0.3 is 21.3 Å². The van der Waals surface area contributed by atoms with E-state index in [-0.39, 0.29) is 11.7 Å². The third-order valence-electron chi connectivity index (χ3n) is 4.96. The Kier molecular flexibility index (Phi) is 19.4. The molecule has 2 unspecified atom stereocenters. The van der Waals surface area contributed by atoms with Gasteiger partial charge in [-0.25, -0.2) is 0 Å². The lowest BCUT2D eigenvalue weighted by atomic mass is 10.1. The van der Waals surface area contributed by atoms with Crippen LogP contribution in [-0.2, 0) is 14.4 Å². The van der Waals surface area contributed by atoms with Gasteiger partial charge in [0.05, 0.1) is 6.04 Å². The van der Waals surface area contributed by atoms with Gasteiger partial charge in [-0.3, -0.25) is 14.4 Å². The number of carboxylic acids is 2. The second-order valence-corrected chi connectivity index (χ2v) is 9.19. The maximum atomic E-state index is 11.8. The fraction of sp³-hybridized carbons (Fsp3) is 0.783. The van der Waals surface area contributed by atoms with E-state index in [9.17, 15) is 14.4 Å². The first kappa shape index (κ1) is 29.5. The Balaban J connectivity index is 4.07. The normalized spacial score (nSPS) is 13.2. The number of rotatable bonds is 21. The van der Waals surface area contributed by atoms with E-state index in [1.165, 1.54) is 69.5 Å². The van der Waals surface area contributed by atoms with Crippen molar-refractivity contribution < 1.29 is 24.6 Å². The van der Waals surface area contributed by atoms with Gasteiger partial charge in [-0.2, -0.15) is 11.8 Å². The van der Waals surface area contributed by atoms with Gasteiger partial charge in [0.25, 0.3) is 0 Å². The summed E-state index contributed by atoms with van der Waals surface area (Å²) in [6.45, 7) is 1.78. The minimum Gasteiger partial charge on any atom is -0.481 e. The van der Waals surface area contributed by atoms with Crippen LogP contribution < -0.4 is 11.1 Å². The van der Waals surface area contributed by atoms with Crippen molar-refractivity contribution in [3.05, 3.63) is 12.2 Å². The molecule has 0 heterocycles. The number of unbranched alkanes of at least 4 members (excludes halogenated alkanes) is 10. The van der Waals surface area contributed by atoms with E-state index in [2.05, 4.69) is 18.3 Å². The number of hydrogen-bond acceptors (Lipinski definition) is 5. The van der Waals surface area contributed by atoms with Crippen LogP contribution in [0, 0.1) is 0 Å². The standard InChI is InChI=1S/C23H42N2O5S/c1-2-3-4-5-6-7-8-9-10-11-12-13-14-19(15-16-21(26)27)31-18-20(24)23(30)25-17-22(28)29/h13-14,19-20H,2-12,15-18,24H2,1H3,(H,25,30)(H,26,27)(H,28,29). The van der Waals surface area contributed by atoms with Gasteiger partial charge in [0.15, 0.2) is 0 Å². The molecule has 0 spiro atoms. The molecule has 0 rings (SSSR count). The van der Waals surface area contributed by atoms with E-state index >= 15 is 0 Å². The van der Waals surface area contributed by atoms with Crippen molar-refractivity contribution in [2.75, 3.05) is 12.3 Å². The summed E-state index contributed by atoms with van der Waals surface area (Å²) >= 11 is 1.43. The maximum absolute atomic E-state index is 11.8. The molecule has 0 aromatic heterocycles. The number of carbonyl (C=O) groups is 3. The Morgan fingerprint density at radius 2 is 1.52 bits per heavy atom. The topological polar surface area (TPSA) is 130 Å². The van der Waals surface area contributed by atoms with E-state index < -0.39 is 30.4 Å². The predicted molar refractivity (Wildman–Crippen MR) is 127 cm³/mol. The second kappa shape index (κ2) is 20.4. The molecule has 31 heavy (non-hydrogen) atoms. The monoisotopic (exact) mass is 458 g/mol. The Labute approximate surface area is 191 Å². The zero-order valence-corrected chi connectivity index (χ0v) is 19.8. The maximum Gasteiger partial charge on any atom is 0.322 e. The van der Waals surface area contributed by atoms with Crippen LogP contribution in [0.3, 0.4) is 0 Å². The van der Waals surface area contributed by atoms with Crippen LogP contribution in [0.15, 0.2) is 12.2 Å². The number of nitrogens with one attached hydrogen (secondary N) is 1. The highest BCUT2D eigenvalue weighted by atomic mass is 32.2. The highest BCUT2D eigenvalue weighted by Crippen LogP contribution is 2.20. The Hall–Kier alpha value is -1.54. The molecule has 0 radical (unpaired) electrons. The molecule has 0 saturated heterocycles. The van der Waals surface area contributed by atoms with Gasteiger partial charge in [0.1, 0.15) is 6.54 Å². The largest absolute Gasteiger partial charge is 0.481 e. The number of hydrogen-bond donors (Lipinski definition) is 4. The minimum absolute atomic E-state index is 0.0301. The molecule has 7 nitrogen and oxygen atoms in total. The number of thioether (sulfide) groups is 1. The van der Waals surface area contributed by atoms with Crippen LogP contribution in [0.25, 0.3) is 0 Å². The van der Waals surface area contributed by atoms with Crippen LogP contribution in [0.5, 0.6) is 0 Å². The van der Waals surface area contributed by atoms with Gasteiger partial charge in [-0.1, -0.05) is 76.9 Å². The Bertz CT molecular complexity index is 528. The first-order valence-corrected chi connectivity index (χ1v) is 12.7. The molecular weight excluding hydrogens is 416 g/mol. The van der Waals surface area contributed by atoms with Crippen LogP contribution in [-0.4, -0.2) is 51.6 Å². The molecule has 2 atom stereocenters. The highest BCUT2D eigenvalue weighted by molar-refractivity contribution is 8.00. The smallest absolute Gasteiger partial charge is 0.322 e. The molecule has 8 heteroatoms. The summed E-state index contributed by atoms with van der Waals surface area (Å²) in [6.07, 6.45) is 18.5. The summed E-state index contributed by atoms with van der Waals surface area (Å²) in [5.74, 6) is -2.18. The number of amides is 1. The van der Waals surface area contributed by atoms with E-state index in [0.29, 0.717) is 12.2 Å². The van der Waals surface area contributed by atoms with Crippen LogP contribution >= 0.6 is 11.8 Å². The first-order chi connectivity index (χ1) is 14.9. The molecule has 0 fully saturated rings. The van der Waals surface area contributed by atoms with Crippen molar-refractivity contribution in [2.24, 2.45) is 5.73 Å². The molecule has 0 aliphatic carbocycles. The lowest BCUT2D eigenvalue weighted by molar-refractivity contribution is -0.138. The lowest BCUT2D eigenvalue weighted by Crippen LogP contribution is -2.44. The fourth-order valence-corrected chi connectivity index (χ4v) is 4.21. The summed E-state index contributed by atoms with van der Waals surface area (Å²) in [6, 6.07) is -0.827. The van der Waals surface area contributed by atoms with Crippen LogP contribution in [0.2, 0.25) is 0 Å². The van der Waals surface area contributed by atoms with Crippen molar-refractivity contribution >= 4 is 29.6 Å². The third-order valence-corrected chi connectivity index (χ3v) is 6.33. The lowest BCUT2D eigenvalue weighted by Gasteiger charge is -2.15. The van der Waals surface area contributed by atoms with Gasteiger partial charge in [0, 0.05) is 17.4 Å². The molecule has 5 N–H and O–H groups in total. The van der Waals surface area contributed by atoms with Gasteiger partial charge in [-0.15, -0.1) is 0 Å². The zero-order valence-electron chi connectivity index (χ0n) is 19.0. The third kappa shape index (κ3) is 20.1. The number of carboxylic acid groups (broad SMARTS) is 2. The quantitative estimate of drug-likeness (QED) is 0.149. The molecule has 180 valence electrons. The number of carbonyl (C=O) groups excluding carboxylic acids is 1. The Morgan fingerprint density at radius 3 is 2.06 bits per heavy atom. The summed E-state index contributed by atoms with van der Waals surface area (Å²) in [5, 5.41) is 19.8. The molecule has 0 aliphatic rings. The summed E-state index contributed by atoms with van der Waals surface area (Å²) < 4.78 is 0.